The monoisotopic (exact) mass is 233 g/mol. The van der Waals surface area contributed by atoms with Crippen molar-refractivity contribution in [3.8, 4) is 0 Å². The lowest BCUT2D eigenvalue weighted by atomic mass is 10.1. The highest BCUT2D eigenvalue weighted by Crippen LogP contribution is 2.06. The van der Waals surface area contributed by atoms with Crippen molar-refractivity contribution in [1.82, 2.24) is 10.2 Å². The zero-order valence-electron chi connectivity index (χ0n) is 9.93. The van der Waals surface area contributed by atoms with E-state index < -0.39 is 0 Å². The summed E-state index contributed by atoms with van der Waals surface area (Å²) in [6.07, 6.45) is 1.78. The molecule has 1 saturated heterocycles. The third-order valence-corrected chi connectivity index (χ3v) is 3.04. The van der Waals surface area contributed by atoms with E-state index >= 15 is 0 Å². The van der Waals surface area contributed by atoms with E-state index in [1.54, 1.807) is 4.90 Å². The Labute approximate surface area is 102 Å². The summed E-state index contributed by atoms with van der Waals surface area (Å²) in [4.78, 5) is 13.5. The van der Waals surface area contributed by atoms with E-state index in [-0.39, 0.29) is 12.1 Å². The third-order valence-electron chi connectivity index (χ3n) is 3.04. The minimum atomic E-state index is 0.00822. The van der Waals surface area contributed by atoms with Crippen molar-refractivity contribution in [2.75, 3.05) is 19.6 Å². The summed E-state index contributed by atoms with van der Waals surface area (Å²) in [7, 11) is 0. The molecule has 1 atom stereocenters. The molecule has 1 heterocycles. The van der Waals surface area contributed by atoms with E-state index in [0.717, 1.165) is 19.4 Å². The summed E-state index contributed by atoms with van der Waals surface area (Å²) < 4.78 is 0. The fourth-order valence-electron chi connectivity index (χ4n) is 2.04. The van der Waals surface area contributed by atoms with Crippen LogP contribution in [0.5, 0.6) is 0 Å². The van der Waals surface area contributed by atoms with E-state index in [4.69, 9.17) is 5.73 Å². The van der Waals surface area contributed by atoms with E-state index in [9.17, 15) is 4.79 Å². The first kappa shape index (κ1) is 11.9. The highest BCUT2D eigenvalue weighted by molar-refractivity contribution is 5.74. The number of benzene rings is 1. The van der Waals surface area contributed by atoms with Gasteiger partial charge in [-0.3, -0.25) is 0 Å². The Hall–Kier alpha value is -1.55. The minimum absolute atomic E-state index is 0.00822. The van der Waals surface area contributed by atoms with Gasteiger partial charge in [-0.25, -0.2) is 4.79 Å². The summed E-state index contributed by atoms with van der Waals surface area (Å²) in [5.41, 5.74) is 7.00. The number of nitrogens with two attached hydrogens (primary N) is 1. The lowest BCUT2D eigenvalue weighted by molar-refractivity contribution is 0.208. The Morgan fingerprint density at radius 2 is 2.18 bits per heavy atom. The van der Waals surface area contributed by atoms with Gasteiger partial charge in [0.15, 0.2) is 0 Å². The molecule has 2 amide bonds. The fourth-order valence-corrected chi connectivity index (χ4v) is 2.04. The molecule has 1 aromatic carbocycles. The lowest BCUT2D eigenvalue weighted by Crippen LogP contribution is -2.40. The number of likely N-dealkylation sites (tertiary alicyclic amines) is 1. The predicted octanol–water partition coefficient (Wildman–Crippen LogP) is 0.972. The van der Waals surface area contributed by atoms with Crippen LogP contribution in [0.15, 0.2) is 30.3 Å². The Balaban J connectivity index is 1.70. The van der Waals surface area contributed by atoms with Crippen molar-refractivity contribution in [1.29, 1.82) is 0 Å². The molecule has 1 aromatic rings. The molecule has 1 fully saturated rings. The second-order valence-corrected chi connectivity index (χ2v) is 4.46. The number of carbonyl (C=O) groups excluding carboxylic acids is 1. The van der Waals surface area contributed by atoms with Crippen LogP contribution in [0.25, 0.3) is 0 Å². The minimum Gasteiger partial charge on any atom is -0.338 e. The summed E-state index contributed by atoms with van der Waals surface area (Å²) in [6, 6.07) is 10.3. The Bertz CT molecular complexity index is 366. The zero-order chi connectivity index (χ0) is 12.1. The van der Waals surface area contributed by atoms with Crippen LogP contribution in [0.2, 0.25) is 0 Å². The second-order valence-electron chi connectivity index (χ2n) is 4.46. The van der Waals surface area contributed by atoms with Crippen LogP contribution in [-0.4, -0.2) is 36.6 Å². The van der Waals surface area contributed by atoms with E-state index in [0.29, 0.717) is 13.1 Å². The van der Waals surface area contributed by atoms with Crippen molar-refractivity contribution in [2.45, 2.75) is 18.9 Å². The van der Waals surface area contributed by atoms with Crippen LogP contribution in [-0.2, 0) is 6.42 Å². The summed E-state index contributed by atoms with van der Waals surface area (Å²) in [5.74, 6) is 0. The molecular formula is C13H19N3O. The highest BCUT2D eigenvalue weighted by atomic mass is 16.2. The number of nitrogens with one attached hydrogen (secondary N) is 1. The summed E-state index contributed by atoms with van der Waals surface area (Å²) in [5, 5.41) is 2.93. The van der Waals surface area contributed by atoms with E-state index in [2.05, 4.69) is 17.4 Å². The molecule has 0 radical (unpaired) electrons. The number of nitrogens with zero attached hydrogens (tertiary/aromatic N) is 1. The largest absolute Gasteiger partial charge is 0.338 e. The molecule has 1 aliphatic rings. The Morgan fingerprint density at radius 1 is 1.41 bits per heavy atom. The molecule has 0 aliphatic carbocycles. The number of amides is 2. The van der Waals surface area contributed by atoms with Crippen molar-refractivity contribution in [3.05, 3.63) is 35.9 Å². The van der Waals surface area contributed by atoms with Crippen LogP contribution in [0.3, 0.4) is 0 Å². The van der Waals surface area contributed by atoms with E-state index in [1.165, 1.54) is 5.56 Å². The molecule has 2 rings (SSSR count). The maximum atomic E-state index is 11.7. The smallest absolute Gasteiger partial charge is 0.317 e. The topological polar surface area (TPSA) is 58.4 Å². The molecule has 4 heteroatoms. The van der Waals surface area contributed by atoms with Crippen molar-refractivity contribution < 1.29 is 4.79 Å². The molecule has 0 spiro atoms. The van der Waals surface area contributed by atoms with Gasteiger partial charge in [0.05, 0.1) is 0 Å². The standard InChI is InChI=1S/C13H19N3O/c14-12-7-9-16(10-12)13(17)15-8-6-11-4-2-1-3-5-11/h1-5,12H,6-10,14H2,(H,15,17). The molecule has 1 unspecified atom stereocenters. The number of urea groups is 1. The first-order chi connectivity index (χ1) is 8.25. The molecule has 0 bridgehead atoms. The number of rotatable bonds is 3. The molecule has 92 valence electrons. The van der Waals surface area contributed by atoms with Gasteiger partial charge >= 0.3 is 6.03 Å². The molecule has 1 aliphatic heterocycles. The number of hydrogen-bond donors (Lipinski definition) is 2. The molecule has 0 aromatic heterocycles. The van der Waals surface area contributed by atoms with Gasteiger partial charge in [-0.15, -0.1) is 0 Å². The van der Waals surface area contributed by atoms with Gasteiger partial charge in [-0.1, -0.05) is 30.3 Å². The average Bonchev–Trinajstić information content (AvgIpc) is 2.77. The van der Waals surface area contributed by atoms with Gasteiger partial charge in [0.1, 0.15) is 0 Å². The number of carbonyl (C=O) groups is 1. The fraction of sp³-hybridized carbons (Fsp3) is 0.462. The van der Waals surface area contributed by atoms with Crippen LogP contribution >= 0.6 is 0 Å². The zero-order valence-corrected chi connectivity index (χ0v) is 9.93. The van der Waals surface area contributed by atoms with Gasteiger partial charge in [0, 0.05) is 25.7 Å². The third kappa shape index (κ3) is 3.46. The highest BCUT2D eigenvalue weighted by Gasteiger charge is 2.22. The predicted molar refractivity (Wildman–Crippen MR) is 67.7 cm³/mol. The van der Waals surface area contributed by atoms with Crippen LogP contribution in [0.4, 0.5) is 4.79 Å². The van der Waals surface area contributed by atoms with Crippen LogP contribution in [0.1, 0.15) is 12.0 Å². The van der Waals surface area contributed by atoms with Gasteiger partial charge < -0.3 is 16.0 Å². The van der Waals surface area contributed by atoms with Gasteiger partial charge in [-0.2, -0.15) is 0 Å². The molecule has 4 nitrogen and oxygen atoms in total. The molecule has 0 saturated carbocycles. The van der Waals surface area contributed by atoms with Gasteiger partial charge in [0.2, 0.25) is 0 Å². The maximum Gasteiger partial charge on any atom is 0.317 e. The van der Waals surface area contributed by atoms with Crippen molar-refractivity contribution in [3.63, 3.8) is 0 Å². The molecule has 3 N–H and O–H groups in total. The number of hydrogen-bond acceptors (Lipinski definition) is 2. The quantitative estimate of drug-likeness (QED) is 0.817. The maximum absolute atomic E-state index is 11.7. The molecule has 17 heavy (non-hydrogen) atoms. The summed E-state index contributed by atoms with van der Waals surface area (Å²) in [6.45, 7) is 2.13. The van der Waals surface area contributed by atoms with Crippen molar-refractivity contribution >= 4 is 6.03 Å². The average molecular weight is 233 g/mol. The van der Waals surface area contributed by atoms with Gasteiger partial charge in [-0.05, 0) is 18.4 Å². The first-order valence-electron chi connectivity index (χ1n) is 6.08. The molecular weight excluding hydrogens is 214 g/mol. The van der Waals surface area contributed by atoms with E-state index in [1.807, 2.05) is 18.2 Å². The summed E-state index contributed by atoms with van der Waals surface area (Å²) >= 11 is 0. The lowest BCUT2D eigenvalue weighted by Gasteiger charge is -2.16. The Morgan fingerprint density at radius 3 is 2.82 bits per heavy atom. The van der Waals surface area contributed by atoms with Crippen molar-refractivity contribution in [2.24, 2.45) is 5.73 Å². The van der Waals surface area contributed by atoms with Gasteiger partial charge in [0.25, 0.3) is 0 Å². The normalized spacial score (nSPS) is 19.4. The second kappa shape index (κ2) is 5.68. The Kier molecular flexibility index (Phi) is 3.98. The first-order valence-corrected chi connectivity index (χ1v) is 6.08. The SMILES string of the molecule is NC1CCN(C(=O)NCCc2ccccc2)C1. The van der Waals surface area contributed by atoms with Crippen LogP contribution in [0, 0.1) is 0 Å². The van der Waals surface area contributed by atoms with Crippen LogP contribution < -0.4 is 11.1 Å².